The van der Waals surface area contributed by atoms with Crippen LogP contribution < -0.4 is 0 Å². The lowest BCUT2D eigenvalue weighted by Gasteiger charge is -2.06. The van der Waals surface area contributed by atoms with E-state index in [4.69, 9.17) is 0 Å². The summed E-state index contributed by atoms with van der Waals surface area (Å²) >= 11 is 0. The van der Waals surface area contributed by atoms with Crippen LogP contribution in [0.2, 0.25) is 0 Å². The Labute approximate surface area is 126 Å². The fourth-order valence-corrected chi connectivity index (χ4v) is 2.44. The van der Waals surface area contributed by atoms with Crippen molar-refractivity contribution < 1.29 is 10.2 Å². The molecule has 0 fully saturated rings. The zero-order chi connectivity index (χ0) is 15.2. The molecule has 0 saturated heterocycles. The molecule has 2 N–H and O–H groups in total. The van der Waals surface area contributed by atoms with Crippen LogP contribution in [0, 0.1) is 0 Å². The number of aromatic nitrogens is 1. The zero-order valence-electron chi connectivity index (χ0n) is 12.7. The van der Waals surface area contributed by atoms with E-state index in [1.807, 2.05) is 49.4 Å². The van der Waals surface area contributed by atoms with E-state index < -0.39 is 0 Å². The molecular formula is C18H23NO2. The summed E-state index contributed by atoms with van der Waals surface area (Å²) in [5, 5.41) is 21.1. The van der Waals surface area contributed by atoms with Crippen LogP contribution in [0.1, 0.15) is 44.2 Å². The summed E-state index contributed by atoms with van der Waals surface area (Å²) in [7, 11) is 0. The minimum Gasteiger partial charge on any atom is -0.494 e. The van der Waals surface area contributed by atoms with Crippen LogP contribution in [0.15, 0.2) is 36.4 Å². The fourth-order valence-electron chi connectivity index (χ4n) is 2.44. The van der Waals surface area contributed by atoms with Gasteiger partial charge in [-0.25, -0.2) is 0 Å². The molecule has 1 aromatic carbocycles. The van der Waals surface area contributed by atoms with Crippen molar-refractivity contribution in [2.75, 3.05) is 0 Å². The lowest BCUT2D eigenvalue weighted by atomic mass is 10.1. The average Bonchev–Trinajstić information content (AvgIpc) is 2.74. The second-order valence-corrected chi connectivity index (χ2v) is 5.12. The standard InChI is InChI=1S/C18H23NO2/c1-3-5-12-15-16(13-6-4-2)18(21)19(17(15)20)14-10-8-7-9-11-14/h5,7-12,20-21H,3-4,6,13H2,1-2H3. The summed E-state index contributed by atoms with van der Waals surface area (Å²) in [5.41, 5.74) is 2.32. The molecule has 0 spiro atoms. The molecule has 0 aliphatic carbocycles. The molecule has 1 heterocycles. The topological polar surface area (TPSA) is 45.4 Å². The van der Waals surface area contributed by atoms with Crippen molar-refractivity contribution in [2.24, 2.45) is 0 Å². The largest absolute Gasteiger partial charge is 0.494 e. The van der Waals surface area contributed by atoms with Gasteiger partial charge in [0.25, 0.3) is 0 Å². The summed E-state index contributed by atoms with van der Waals surface area (Å²) in [6.07, 6.45) is 7.59. The Morgan fingerprint density at radius 2 is 1.76 bits per heavy atom. The number of hydrogen-bond donors (Lipinski definition) is 2. The van der Waals surface area contributed by atoms with Gasteiger partial charge in [-0.3, -0.25) is 4.57 Å². The van der Waals surface area contributed by atoms with Crippen LogP contribution in [0.5, 0.6) is 11.8 Å². The van der Waals surface area contributed by atoms with E-state index >= 15 is 0 Å². The molecule has 0 bridgehead atoms. The number of rotatable bonds is 6. The first-order chi connectivity index (χ1) is 10.2. The Bertz CT molecular complexity index is 612. The lowest BCUT2D eigenvalue weighted by Crippen LogP contribution is -1.92. The smallest absolute Gasteiger partial charge is 0.206 e. The lowest BCUT2D eigenvalue weighted by molar-refractivity contribution is 0.400. The molecule has 1 aromatic heterocycles. The normalized spacial score (nSPS) is 11.3. The van der Waals surface area contributed by atoms with Gasteiger partial charge >= 0.3 is 0 Å². The molecular weight excluding hydrogens is 262 g/mol. The molecule has 3 nitrogen and oxygen atoms in total. The number of nitrogens with zero attached hydrogens (tertiary/aromatic N) is 1. The van der Waals surface area contributed by atoms with Crippen molar-refractivity contribution in [3.05, 3.63) is 47.5 Å². The first-order valence-electron chi connectivity index (χ1n) is 7.58. The van der Waals surface area contributed by atoms with Gasteiger partial charge in [-0.1, -0.05) is 50.6 Å². The SMILES string of the molecule is CCC=Cc1c(CCCC)c(O)n(-c2ccccc2)c1O. The molecule has 0 radical (unpaired) electrons. The fraction of sp³-hybridized carbons (Fsp3) is 0.333. The van der Waals surface area contributed by atoms with Crippen molar-refractivity contribution in [3.8, 4) is 17.4 Å². The number of aromatic hydroxyl groups is 2. The molecule has 2 aromatic rings. The van der Waals surface area contributed by atoms with Gasteiger partial charge in [0.2, 0.25) is 11.8 Å². The van der Waals surface area contributed by atoms with Gasteiger partial charge in [-0.2, -0.15) is 0 Å². The number of hydrogen-bond acceptors (Lipinski definition) is 2. The highest BCUT2D eigenvalue weighted by Crippen LogP contribution is 2.38. The van der Waals surface area contributed by atoms with E-state index in [0.29, 0.717) is 0 Å². The van der Waals surface area contributed by atoms with Gasteiger partial charge in [-0.15, -0.1) is 0 Å². The summed E-state index contributed by atoms with van der Waals surface area (Å²) < 4.78 is 1.51. The third-order valence-electron chi connectivity index (χ3n) is 3.57. The number of benzene rings is 1. The minimum atomic E-state index is 0.106. The molecule has 0 atom stereocenters. The highest BCUT2D eigenvalue weighted by atomic mass is 16.3. The Morgan fingerprint density at radius 3 is 2.38 bits per heavy atom. The van der Waals surface area contributed by atoms with Crippen molar-refractivity contribution in [3.63, 3.8) is 0 Å². The molecule has 0 aliphatic rings. The Morgan fingerprint density at radius 1 is 1.05 bits per heavy atom. The van der Waals surface area contributed by atoms with E-state index in [1.165, 1.54) is 4.57 Å². The Balaban J connectivity index is 2.56. The van der Waals surface area contributed by atoms with Crippen LogP contribution in [0.25, 0.3) is 11.8 Å². The summed E-state index contributed by atoms with van der Waals surface area (Å²) in [5.74, 6) is 0.248. The van der Waals surface area contributed by atoms with Crippen LogP contribution in [-0.4, -0.2) is 14.8 Å². The molecule has 0 aliphatic heterocycles. The highest BCUT2D eigenvalue weighted by molar-refractivity contribution is 5.66. The molecule has 0 saturated carbocycles. The number of unbranched alkanes of at least 4 members (excludes halogenated alkanes) is 1. The van der Waals surface area contributed by atoms with E-state index in [9.17, 15) is 10.2 Å². The monoisotopic (exact) mass is 285 g/mol. The maximum atomic E-state index is 10.5. The molecule has 112 valence electrons. The predicted octanol–water partition coefficient (Wildman–Crippen LogP) is 4.65. The maximum Gasteiger partial charge on any atom is 0.206 e. The highest BCUT2D eigenvalue weighted by Gasteiger charge is 2.21. The number of allylic oxidation sites excluding steroid dienone is 1. The van der Waals surface area contributed by atoms with Crippen LogP contribution >= 0.6 is 0 Å². The van der Waals surface area contributed by atoms with Crippen molar-refractivity contribution in [1.29, 1.82) is 0 Å². The van der Waals surface area contributed by atoms with E-state index in [0.717, 1.165) is 42.5 Å². The Kier molecular flexibility index (Phi) is 5.09. The molecule has 21 heavy (non-hydrogen) atoms. The number of para-hydroxylation sites is 1. The third kappa shape index (κ3) is 3.13. The minimum absolute atomic E-state index is 0.106. The van der Waals surface area contributed by atoms with E-state index in [1.54, 1.807) is 0 Å². The van der Waals surface area contributed by atoms with Gasteiger partial charge in [0.15, 0.2) is 0 Å². The van der Waals surface area contributed by atoms with Gasteiger partial charge in [-0.05, 0) is 31.4 Å². The van der Waals surface area contributed by atoms with Gasteiger partial charge < -0.3 is 10.2 Å². The van der Waals surface area contributed by atoms with Gasteiger partial charge in [0.1, 0.15) is 0 Å². The maximum absolute atomic E-state index is 10.5. The van der Waals surface area contributed by atoms with Crippen molar-refractivity contribution in [2.45, 2.75) is 39.5 Å². The molecule has 3 heteroatoms. The predicted molar refractivity (Wildman–Crippen MR) is 87.0 cm³/mol. The quantitative estimate of drug-likeness (QED) is 0.811. The molecule has 2 rings (SSSR count). The zero-order valence-corrected chi connectivity index (χ0v) is 12.7. The second kappa shape index (κ2) is 7.02. The third-order valence-corrected chi connectivity index (χ3v) is 3.57. The first-order valence-corrected chi connectivity index (χ1v) is 7.58. The van der Waals surface area contributed by atoms with Crippen molar-refractivity contribution >= 4 is 6.08 Å². The van der Waals surface area contributed by atoms with Crippen LogP contribution in [0.4, 0.5) is 0 Å². The Hall–Kier alpha value is -2.16. The van der Waals surface area contributed by atoms with Gasteiger partial charge in [0, 0.05) is 11.1 Å². The summed E-state index contributed by atoms with van der Waals surface area (Å²) in [4.78, 5) is 0. The van der Waals surface area contributed by atoms with Gasteiger partial charge in [0.05, 0.1) is 5.69 Å². The van der Waals surface area contributed by atoms with Crippen LogP contribution in [-0.2, 0) is 6.42 Å². The molecule has 0 amide bonds. The van der Waals surface area contributed by atoms with Crippen LogP contribution in [0.3, 0.4) is 0 Å². The van der Waals surface area contributed by atoms with E-state index in [2.05, 4.69) is 6.92 Å². The molecule has 0 unspecified atom stereocenters. The van der Waals surface area contributed by atoms with E-state index in [-0.39, 0.29) is 11.8 Å². The second-order valence-electron chi connectivity index (χ2n) is 5.12. The summed E-state index contributed by atoms with van der Waals surface area (Å²) in [6.45, 7) is 4.17. The average molecular weight is 285 g/mol. The van der Waals surface area contributed by atoms with Crippen molar-refractivity contribution in [1.82, 2.24) is 4.57 Å². The summed E-state index contributed by atoms with van der Waals surface area (Å²) in [6, 6.07) is 9.44. The first kappa shape index (κ1) is 15.2.